The van der Waals surface area contributed by atoms with Crippen LogP contribution in [0.4, 0.5) is 0 Å². The van der Waals surface area contributed by atoms with Gasteiger partial charge in [0, 0.05) is 10.1 Å². The summed E-state index contributed by atoms with van der Waals surface area (Å²) >= 11 is 14.5. The Morgan fingerprint density at radius 2 is 1.53 bits per heavy atom. The van der Waals surface area contributed by atoms with Gasteiger partial charge in [0.1, 0.15) is 0 Å². The van der Waals surface area contributed by atoms with Gasteiger partial charge in [-0.25, -0.2) is 0 Å². The van der Waals surface area contributed by atoms with Crippen LogP contribution in [0.1, 0.15) is 43.5 Å². The molecule has 94 valence electrons. The van der Waals surface area contributed by atoms with E-state index < -0.39 is 0 Å². The highest BCUT2D eigenvalue weighted by atomic mass is 35.5. The Morgan fingerprint density at radius 1 is 1.00 bits per heavy atom. The lowest BCUT2D eigenvalue weighted by Crippen LogP contribution is -2.08. The monoisotopic (exact) mass is 289 g/mol. The second-order valence-corrected chi connectivity index (χ2v) is 6.68. The summed E-state index contributed by atoms with van der Waals surface area (Å²) in [5.41, 5.74) is 1.76. The minimum atomic E-state index is 0.667. The molecule has 0 atom stereocenters. The molecule has 1 fully saturated rings. The summed E-state index contributed by atoms with van der Waals surface area (Å²) in [5, 5.41) is 2.13. The number of rotatable bonds is 2. The third kappa shape index (κ3) is 3.10. The van der Waals surface area contributed by atoms with Crippen molar-refractivity contribution >= 4 is 35.0 Å². The summed E-state index contributed by atoms with van der Waals surface area (Å²) in [5.74, 6) is 0. The van der Waals surface area contributed by atoms with E-state index in [0.29, 0.717) is 5.25 Å². The Balaban J connectivity index is 2.24. The van der Waals surface area contributed by atoms with Crippen molar-refractivity contribution in [2.45, 2.75) is 56.1 Å². The van der Waals surface area contributed by atoms with Crippen molar-refractivity contribution in [2.75, 3.05) is 0 Å². The molecule has 0 aromatic carbocycles. The fourth-order valence-electron chi connectivity index (χ4n) is 2.23. The third-order valence-corrected chi connectivity index (χ3v) is 5.80. The Bertz CT molecular complexity index is 388. The van der Waals surface area contributed by atoms with Gasteiger partial charge in [0.05, 0.1) is 21.4 Å². The van der Waals surface area contributed by atoms with Crippen molar-refractivity contribution in [3.8, 4) is 0 Å². The summed E-state index contributed by atoms with van der Waals surface area (Å²) in [6.45, 7) is 3.88. The standard InChI is InChI=1S/C13H17Cl2NS/c1-8-11(14)13(12(15)9(2)16-8)17-10-6-4-3-5-7-10/h10H,3-7H2,1-2H3. The van der Waals surface area contributed by atoms with Gasteiger partial charge in [-0.1, -0.05) is 42.5 Å². The molecule has 1 heterocycles. The third-order valence-electron chi connectivity index (χ3n) is 3.21. The van der Waals surface area contributed by atoms with E-state index in [4.69, 9.17) is 23.2 Å². The van der Waals surface area contributed by atoms with Gasteiger partial charge in [-0.2, -0.15) is 0 Å². The zero-order chi connectivity index (χ0) is 12.4. The number of aryl methyl sites for hydroxylation is 2. The van der Waals surface area contributed by atoms with Crippen molar-refractivity contribution in [1.82, 2.24) is 4.98 Å². The van der Waals surface area contributed by atoms with E-state index in [0.717, 1.165) is 26.3 Å². The van der Waals surface area contributed by atoms with E-state index in [1.165, 1.54) is 32.1 Å². The fraction of sp³-hybridized carbons (Fsp3) is 0.615. The van der Waals surface area contributed by atoms with Gasteiger partial charge in [0.2, 0.25) is 0 Å². The van der Waals surface area contributed by atoms with E-state index in [1.54, 1.807) is 0 Å². The number of aromatic nitrogens is 1. The van der Waals surface area contributed by atoms with Crippen molar-refractivity contribution in [3.63, 3.8) is 0 Å². The number of nitrogens with zero attached hydrogens (tertiary/aromatic N) is 1. The average molecular weight is 290 g/mol. The number of hydrogen-bond donors (Lipinski definition) is 0. The van der Waals surface area contributed by atoms with Crippen LogP contribution in [0.5, 0.6) is 0 Å². The molecule has 17 heavy (non-hydrogen) atoms. The topological polar surface area (TPSA) is 12.9 Å². The van der Waals surface area contributed by atoms with Gasteiger partial charge in [-0.15, -0.1) is 11.8 Å². The lowest BCUT2D eigenvalue weighted by atomic mass is 10.0. The molecule has 0 spiro atoms. The van der Waals surface area contributed by atoms with Crippen LogP contribution in [0.2, 0.25) is 10.0 Å². The molecule has 1 nitrogen and oxygen atoms in total. The van der Waals surface area contributed by atoms with Crippen LogP contribution >= 0.6 is 35.0 Å². The highest BCUT2D eigenvalue weighted by molar-refractivity contribution is 8.00. The van der Waals surface area contributed by atoms with Gasteiger partial charge in [0.25, 0.3) is 0 Å². The summed E-state index contributed by atoms with van der Waals surface area (Å²) < 4.78 is 0. The number of halogens is 2. The molecule has 0 bridgehead atoms. The van der Waals surface area contributed by atoms with E-state index in [9.17, 15) is 0 Å². The largest absolute Gasteiger partial charge is 0.255 e. The van der Waals surface area contributed by atoms with Gasteiger partial charge in [-0.05, 0) is 26.7 Å². The van der Waals surface area contributed by atoms with E-state index in [2.05, 4.69) is 4.98 Å². The zero-order valence-corrected chi connectivity index (χ0v) is 12.6. The first-order valence-electron chi connectivity index (χ1n) is 6.08. The molecule has 1 aliphatic rings. The van der Waals surface area contributed by atoms with Gasteiger partial charge >= 0.3 is 0 Å². The zero-order valence-electron chi connectivity index (χ0n) is 10.2. The second kappa shape index (κ2) is 5.81. The normalized spacial score (nSPS) is 17.4. The van der Waals surface area contributed by atoms with Crippen LogP contribution in [0, 0.1) is 13.8 Å². The van der Waals surface area contributed by atoms with E-state index in [-0.39, 0.29) is 0 Å². The van der Waals surface area contributed by atoms with Gasteiger partial charge in [0.15, 0.2) is 0 Å². The van der Waals surface area contributed by atoms with Crippen molar-refractivity contribution in [1.29, 1.82) is 0 Å². The Morgan fingerprint density at radius 3 is 2.06 bits per heavy atom. The second-order valence-electron chi connectivity index (χ2n) is 4.62. The van der Waals surface area contributed by atoms with Crippen LogP contribution in [-0.4, -0.2) is 10.2 Å². The molecule has 1 aromatic heterocycles. The minimum absolute atomic E-state index is 0.667. The molecule has 0 aliphatic heterocycles. The molecule has 1 saturated carbocycles. The maximum atomic E-state index is 6.32. The smallest absolute Gasteiger partial charge is 0.0769 e. The summed E-state index contributed by atoms with van der Waals surface area (Å²) in [7, 11) is 0. The van der Waals surface area contributed by atoms with Crippen molar-refractivity contribution in [2.24, 2.45) is 0 Å². The Hall–Kier alpha value is 0.0800. The Labute approximate surface area is 117 Å². The lowest BCUT2D eigenvalue weighted by molar-refractivity contribution is 0.516. The fourth-order valence-corrected chi connectivity index (χ4v) is 4.22. The number of pyridine rings is 1. The quantitative estimate of drug-likeness (QED) is 0.720. The van der Waals surface area contributed by atoms with E-state index in [1.807, 2.05) is 25.6 Å². The van der Waals surface area contributed by atoms with Crippen LogP contribution in [-0.2, 0) is 0 Å². The average Bonchev–Trinajstić information content (AvgIpc) is 2.33. The summed E-state index contributed by atoms with van der Waals surface area (Å²) in [6.07, 6.45) is 6.58. The maximum absolute atomic E-state index is 6.32. The SMILES string of the molecule is Cc1nc(C)c(Cl)c(SC2CCCCC2)c1Cl. The molecule has 1 aliphatic carbocycles. The molecule has 1 aromatic rings. The van der Waals surface area contributed by atoms with Crippen molar-refractivity contribution in [3.05, 3.63) is 21.4 Å². The molecule has 0 N–H and O–H groups in total. The first-order chi connectivity index (χ1) is 8.09. The minimum Gasteiger partial charge on any atom is -0.255 e. The highest BCUT2D eigenvalue weighted by Gasteiger charge is 2.20. The van der Waals surface area contributed by atoms with Gasteiger partial charge in [-0.3, -0.25) is 4.98 Å². The first-order valence-corrected chi connectivity index (χ1v) is 7.72. The van der Waals surface area contributed by atoms with Crippen molar-refractivity contribution < 1.29 is 0 Å². The highest BCUT2D eigenvalue weighted by Crippen LogP contribution is 2.42. The predicted molar refractivity (Wildman–Crippen MR) is 76.5 cm³/mol. The molecule has 0 unspecified atom stereocenters. The van der Waals surface area contributed by atoms with Crippen LogP contribution in [0.3, 0.4) is 0 Å². The van der Waals surface area contributed by atoms with E-state index >= 15 is 0 Å². The first kappa shape index (κ1) is 13.5. The molecule has 0 saturated heterocycles. The lowest BCUT2D eigenvalue weighted by Gasteiger charge is -2.22. The number of hydrogen-bond acceptors (Lipinski definition) is 2. The summed E-state index contributed by atoms with van der Waals surface area (Å²) in [4.78, 5) is 5.38. The molecular formula is C13H17Cl2NS. The predicted octanol–water partition coefficient (Wildman–Crippen LogP) is 5.43. The maximum Gasteiger partial charge on any atom is 0.0769 e. The Kier molecular flexibility index (Phi) is 4.62. The van der Waals surface area contributed by atoms with Crippen LogP contribution in [0.15, 0.2) is 4.90 Å². The molecular weight excluding hydrogens is 273 g/mol. The van der Waals surface area contributed by atoms with Crippen LogP contribution < -0.4 is 0 Å². The van der Waals surface area contributed by atoms with Crippen LogP contribution in [0.25, 0.3) is 0 Å². The molecule has 0 radical (unpaired) electrons. The van der Waals surface area contributed by atoms with Gasteiger partial charge < -0.3 is 0 Å². The molecule has 0 amide bonds. The molecule has 2 rings (SSSR count). The summed E-state index contributed by atoms with van der Waals surface area (Å²) in [6, 6.07) is 0. The number of thioether (sulfide) groups is 1. The molecule has 4 heteroatoms.